The normalized spacial score (nSPS) is 17.9. The Morgan fingerprint density at radius 1 is 1.35 bits per heavy atom. The summed E-state index contributed by atoms with van der Waals surface area (Å²) < 4.78 is 23.5. The molecule has 1 aliphatic heterocycles. The maximum atomic E-state index is 12.0. The Hall–Kier alpha value is -1.51. The zero-order valence-corrected chi connectivity index (χ0v) is 11.8. The molecule has 1 aromatic rings. The lowest BCUT2D eigenvalue weighted by atomic mass is 9.97. The molecule has 20 heavy (non-hydrogen) atoms. The summed E-state index contributed by atoms with van der Waals surface area (Å²) in [4.78, 5) is 15.9. The van der Waals surface area contributed by atoms with Crippen molar-refractivity contribution in [2.75, 3.05) is 13.1 Å². The van der Waals surface area contributed by atoms with Crippen LogP contribution in [0.2, 0.25) is 0 Å². The first-order valence-corrected chi connectivity index (χ1v) is 7.91. The van der Waals surface area contributed by atoms with E-state index in [0.29, 0.717) is 32.5 Å². The molecule has 1 aliphatic rings. The van der Waals surface area contributed by atoms with Gasteiger partial charge in [-0.15, -0.1) is 0 Å². The van der Waals surface area contributed by atoms with Crippen molar-refractivity contribution in [1.29, 1.82) is 0 Å². The predicted octanol–water partition coefficient (Wildman–Crippen LogP) is -0.387. The van der Waals surface area contributed by atoms with Crippen LogP contribution in [0.15, 0.2) is 24.5 Å². The van der Waals surface area contributed by atoms with Gasteiger partial charge in [-0.3, -0.25) is 9.78 Å². The molecule has 3 N–H and O–H groups in total. The van der Waals surface area contributed by atoms with E-state index >= 15 is 0 Å². The van der Waals surface area contributed by atoms with E-state index in [1.165, 1.54) is 4.31 Å². The van der Waals surface area contributed by atoms with Gasteiger partial charge in [-0.1, -0.05) is 0 Å². The van der Waals surface area contributed by atoms with Crippen LogP contribution in [-0.2, 0) is 21.5 Å². The summed E-state index contributed by atoms with van der Waals surface area (Å²) in [5.41, 5.74) is 0.982. The number of nitrogens with one attached hydrogen (secondary N) is 1. The molecule has 2 heterocycles. The van der Waals surface area contributed by atoms with E-state index in [4.69, 9.17) is 5.14 Å². The number of hydrogen-bond acceptors (Lipinski definition) is 4. The summed E-state index contributed by atoms with van der Waals surface area (Å²) in [5, 5.41) is 7.91. The fourth-order valence-electron chi connectivity index (χ4n) is 2.21. The first-order valence-electron chi connectivity index (χ1n) is 6.41. The second-order valence-corrected chi connectivity index (χ2v) is 6.34. The van der Waals surface area contributed by atoms with Gasteiger partial charge in [-0.25, -0.2) is 5.14 Å². The third kappa shape index (κ3) is 3.99. The Balaban J connectivity index is 1.80. The van der Waals surface area contributed by atoms with Gasteiger partial charge in [0.25, 0.3) is 10.2 Å². The molecule has 8 heteroatoms. The van der Waals surface area contributed by atoms with Gasteiger partial charge in [0.05, 0.1) is 0 Å². The predicted molar refractivity (Wildman–Crippen MR) is 73.5 cm³/mol. The summed E-state index contributed by atoms with van der Waals surface area (Å²) in [7, 11) is -3.64. The zero-order chi connectivity index (χ0) is 14.6. The first-order chi connectivity index (χ1) is 9.47. The zero-order valence-electron chi connectivity index (χ0n) is 11.0. The highest BCUT2D eigenvalue weighted by Gasteiger charge is 2.28. The van der Waals surface area contributed by atoms with Crippen LogP contribution in [0.1, 0.15) is 18.4 Å². The number of hydrogen-bond donors (Lipinski definition) is 2. The van der Waals surface area contributed by atoms with Crippen molar-refractivity contribution in [3.63, 3.8) is 0 Å². The van der Waals surface area contributed by atoms with Crippen molar-refractivity contribution in [3.8, 4) is 0 Å². The van der Waals surface area contributed by atoms with Crippen molar-refractivity contribution in [1.82, 2.24) is 14.6 Å². The number of nitrogens with zero attached hydrogens (tertiary/aromatic N) is 2. The van der Waals surface area contributed by atoms with Crippen molar-refractivity contribution in [3.05, 3.63) is 30.1 Å². The number of amides is 1. The molecule has 1 saturated heterocycles. The summed E-state index contributed by atoms with van der Waals surface area (Å²) in [6.45, 7) is 1.05. The lowest BCUT2D eigenvalue weighted by Gasteiger charge is -2.29. The average Bonchev–Trinajstić information content (AvgIpc) is 2.45. The molecule has 7 nitrogen and oxygen atoms in total. The Labute approximate surface area is 118 Å². The third-order valence-electron chi connectivity index (χ3n) is 3.40. The average molecular weight is 298 g/mol. The number of rotatable bonds is 4. The van der Waals surface area contributed by atoms with E-state index in [1.54, 1.807) is 12.4 Å². The van der Waals surface area contributed by atoms with Crippen LogP contribution >= 0.6 is 0 Å². The molecule has 1 fully saturated rings. The first kappa shape index (κ1) is 14.9. The van der Waals surface area contributed by atoms with Gasteiger partial charge in [0, 0.05) is 37.9 Å². The fraction of sp³-hybridized carbons (Fsp3) is 0.500. The van der Waals surface area contributed by atoms with Crippen molar-refractivity contribution in [2.45, 2.75) is 19.4 Å². The van der Waals surface area contributed by atoms with Crippen LogP contribution in [-0.4, -0.2) is 36.7 Å². The second kappa shape index (κ2) is 6.29. The van der Waals surface area contributed by atoms with E-state index in [-0.39, 0.29) is 11.8 Å². The van der Waals surface area contributed by atoms with Gasteiger partial charge in [-0.2, -0.15) is 12.7 Å². The molecule has 1 amide bonds. The highest BCUT2D eigenvalue weighted by molar-refractivity contribution is 7.86. The molecule has 1 aromatic heterocycles. The van der Waals surface area contributed by atoms with Gasteiger partial charge in [-0.05, 0) is 30.5 Å². The lowest BCUT2D eigenvalue weighted by Crippen LogP contribution is -2.45. The SMILES string of the molecule is NS(=O)(=O)N1CCC(C(=O)NCc2ccncc2)CC1. The molecule has 0 atom stereocenters. The monoisotopic (exact) mass is 298 g/mol. The van der Waals surface area contributed by atoms with E-state index in [0.717, 1.165) is 5.56 Å². The Morgan fingerprint density at radius 3 is 2.50 bits per heavy atom. The standard InChI is InChI=1S/C12H18N4O3S/c13-20(18,19)16-7-3-11(4-8-16)12(17)15-9-10-1-5-14-6-2-10/h1-2,5-6,11H,3-4,7-9H2,(H,15,17)(H2,13,18,19). The van der Waals surface area contributed by atoms with Gasteiger partial charge in [0.15, 0.2) is 0 Å². The Bertz CT molecular complexity index is 553. The summed E-state index contributed by atoms with van der Waals surface area (Å²) in [6, 6.07) is 3.67. The molecule has 0 unspecified atom stereocenters. The van der Waals surface area contributed by atoms with Gasteiger partial charge >= 0.3 is 0 Å². The van der Waals surface area contributed by atoms with Crippen LogP contribution in [0.3, 0.4) is 0 Å². The minimum Gasteiger partial charge on any atom is -0.352 e. The van der Waals surface area contributed by atoms with Gasteiger partial charge < -0.3 is 5.32 Å². The molecule has 0 spiro atoms. The van der Waals surface area contributed by atoms with Crippen LogP contribution in [0.4, 0.5) is 0 Å². The summed E-state index contributed by atoms with van der Waals surface area (Å²) in [5.74, 6) is -0.203. The van der Waals surface area contributed by atoms with Crippen molar-refractivity contribution < 1.29 is 13.2 Å². The van der Waals surface area contributed by atoms with Crippen molar-refractivity contribution in [2.24, 2.45) is 11.1 Å². The quantitative estimate of drug-likeness (QED) is 0.790. The van der Waals surface area contributed by atoms with E-state index in [9.17, 15) is 13.2 Å². The Morgan fingerprint density at radius 2 is 1.95 bits per heavy atom. The van der Waals surface area contributed by atoms with E-state index in [1.807, 2.05) is 12.1 Å². The van der Waals surface area contributed by atoms with Crippen LogP contribution in [0.25, 0.3) is 0 Å². The minimum atomic E-state index is -3.64. The number of carbonyl (C=O) groups excluding carboxylic acids is 1. The van der Waals surface area contributed by atoms with Gasteiger partial charge in [0.2, 0.25) is 5.91 Å². The number of aromatic nitrogens is 1. The van der Waals surface area contributed by atoms with Crippen LogP contribution in [0, 0.1) is 5.92 Å². The molecular weight excluding hydrogens is 280 g/mol. The van der Waals surface area contributed by atoms with Gasteiger partial charge in [0.1, 0.15) is 0 Å². The molecule has 0 aliphatic carbocycles. The number of carbonyl (C=O) groups is 1. The molecule has 2 rings (SSSR count). The van der Waals surface area contributed by atoms with E-state index in [2.05, 4.69) is 10.3 Å². The topological polar surface area (TPSA) is 105 Å². The Kier molecular flexibility index (Phi) is 4.69. The molecule has 0 saturated carbocycles. The van der Waals surface area contributed by atoms with E-state index < -0.39 is 10.2 Å². The lowest BCUT2D eigenvalue weighted by molar-refractivity contribution is -0.126. The molecule has 0 aromatic carbocycles. The number of nitrogens with two attached hydrogens (primary N) is 1. The highest BCUT2D eigenvalue weighted by Crippen LogP contribution is 2.18. The smallest absolute Gasteiger partial charge is 0.276 e. The molecule has 0 bridgehead atoms. The molecule has 0 radical (unpaired) electrons. The maximum absolute atomic E-state index is 12.0. The van der Waals surface area contributed by atoms with Crippen molar-refractivity contribution >= 4 is 16.1 Å². The van der Waals surface area contributed by atoms with Crippen LogP contribution in [0.5, 0.6) is 0 Å². The molecular formula is C12H18N4O3S. The number of piperidine rings is 1. The summed E-state index contributed by atoms with van der Waals surface area (Å²) >= 11 is 0. The number of pyridine rings is 1. The fourth-order valence-corrected chi connectivity index (χ4v) is 2.93. The largest absolute Gasteiger partial charge is 0.352 e. The van der Waals surface area contributed by atoms with Crippen LogP contribution < -0.4 is 10.5 Å². The third-order valence-corrected chi connectivity index (χ3v) is 4.49. The molecule has 110 valence electrons. The highest BCUT2D eigenvalue weighted by atomic mass is 32.2. The minimum absolute atomic E-state index is 0.0455. The summed E-state index contributed by atoms with van der Waals surface area (Å²) in [6.07, 6.45) is 4.34. The maximum Gasteiger partial charge on any atom is 0.276 e. The second-order valence-electron chi connectivity index (χ2n) is 4.79.